The van der Waals surface area contributed by atoms with E-state index in [0.29, 0.717) is 35.2 Å². The van der Waals surface area contributed by atoms with Crippen LogP contribution in [0, 0.1) is 0 Å². The summed E-state index contributed by atoms with van der Waals surface area (Å²) in [4.78, 5) is 28.8. The Kier molecular flexibility index (Phi) is 6.46. The molecule has 0 saturated heterocycles. The van der Waals surface area contributed by atoms with Gasteiger partial charge in [0.1, 0.15) is 11.4 Å². The molecule has 0 spiro atoms. The fraction of sp³-hybridized carbons (Fsp3) is 0.579. The Morgan fingerprint density at radius 1 is 1.37 bits per heavy atom. The van der Waals surface area contributed by atoms with E-state index in [9.17, 15) is 9.59 Å². The summed E-state index contributed by atoms with van der Waals surface area (Å²) in [5.74, 6) is 0.159. The molecule has 1 aromatic rings. The number of anilines is 2. The lowest BCUT2D eigenvalue weighted by atomic mass is 10.1. The number of nitrogens with zero attached hydrogens (tertiary/aromatic N) is 2. The summed E-state index contributed by atoms with van der Waals surface area (Å²) in [6.07, 6.45) is -0.567. The molecule has 0 saturated carbocycles. The van der Waals surface area contributed by atoms with E-state index in [4.69, 9.17) is 26.8 Å². The lowest BCUT2D eigenvalue weighted by molar-refractivity contribution is -0.138. The average molecular weight is 398 g/mol. The maximum Gasteiger partial charge on any atom is 0.415 e. The Morgan fingerprint density at radius 2 is 2.04 bits per heavy atom. The molecule has 0 bridgehead atoms. The highest BCUT2D eigenvalue weighted by Crippen LogP contribution is 2.39. The van der Waals surface area contributed by atoms with Gasteiger partial charge in [0, 0.05) is 19.2 Å². The zero-order valence-corrected chi connectivity index (χ0v) is 17.3. The van der Waals surface area contributed by atoms with Crippen LogP contribution in [-0.2, 0) is 9.53 Å². The number of hydrogen-bond donors (Lipinski definition) is 1. The van der Waals surface area contributed by atoms with Crippen molar-refractivity contribution in [3.8, 4) is 5.75 Å². The highest BCUT2D eigenvalue weighted by molar-refractivity contribution is 6.33. The van der Waals surface area contributed by atoms with Gasteiger partial charge in [-0.1, -0.05) is 18.5 Å². The van der Waals surface area contributed by atoms with E-state index >= 15 is 0 Å². The third kappa shape index (κ3) is 4.97. The Hall–Kier alpha value is -2.15. The highest BCUT2D eigenvalue weighted by atomic mass is 35.5. The van der Waals surface area contributed by atoms with Crippen molar-refractivity contribution in [3.63, 3.8) is 0 Å². The molecule has 1 heterocycles. The quantitative estimate of drug-likeness (QED) is 0.783. The van der Waals surface area contributed by atoms with E-state index in [2.05, 4.69) is 0 Å². The predicted molar refractivity (Wildman–Crippen MR) is 106 cm³/mol. The van der Waals surface area contributed by atoms with E-state index in [0.717, 1.165) is 6.42 Å². The van der Waals surface area contributed by atoms with Crippen molar-refractivity contribution < 1.29 is 19.1 Å². The van der Waals surface area contributed by atoms with Gasteiger partial charge in [-0.05, 0) is 40.2 Å². The summed E-state index contributed by atoms with van der Waals surface area (Å²) in [6.45, 7) is 10.5. The molecule has 7 nitrogen and oxygen atoms in total. The number of halogens is 1. The number of carbonyl (C=O) groups is 2. The molecule has 2 rings (SSSR count). The molecule has 2 amide bonds. The largest absolute Gasteiger partial charge is 0.476 e. The van der Waals surface area contributed by atoms with Crippen molar-refractivity contribution in [2.75, 3.05) is 30.3 Å². The Bertz CT molecular complexity index is 718. The van der Waals surface area contributed by atoms with Crippen LogP contribution in [0.4, 0.5) is 16.2 Å². The lowest BCUT2D eigenvalue weighted by Crippen LogP contribution is -2.52. The lowest BCUT2D eigenvalue weighted by Gasteiger charge is -2.37. The number of amides is 2. The summed E-state index contributed by atoms with van der Waals surface area (Å²) in [6, 6.07) is 3.09. The van der Waals surface area contributed by atoms with Crippen molar-refractivity contribution in [2.45, 2.75) is 52.7 Å². The average Bonchev–Trinajstić information content (AvgIpc) is 2.57. The van der Waals surface area contributed by atoms with Gasteiger partial charge >= 0.3 is 6.09 Å². The predicted octanol–water partition coefficient (Wildman–Crippen LogP) is 3.68. The summed E-state index contributed by atoms with van der Waals surface area (Å²) in [5.41, 5.74) is 5.95. The number of likely N-dealkylation sites (N-methyl/N-ethyl adjacent to an activating group) is 1. The van der Waals surface area contributed by atoms with Gasteiger partial charge in [0.05, 0.1) is 22.9 Å². The van der Waals surface area contributed by atoms with Gasteiger partial charge in [-0.15, -0.1) is 0 Å². The van der Waals surface area contributed by atoms with Crippen LogP contribution in [0.1, 0.15) is 41.0 Å². The van der Waals surface area contributed by atoms with Crippen LogP contribution in [0.25, 0.3) is 0 Å². The maximum atomic E-state index is 12.9. The zero-order valence-electron chi connectivity index (χ0n) is 16.5. The molecule has 1 aliphatic rings. The summed E-state index contributed by atoms with van der Waals surface area (Å²) < 4.78 is 11.4. The molecule has 0 aliphatic carbocycles. The Morgan fingerprint density at radius 3 is 2.59 bits per heavy atom. The molecule has 0 fully saturated rings. The molecular formula is C19H28ClN3O4. The molecule has 1 aliphatic heterocycles. The molecule has 2 N–H and O–H groups in total. The molecule has 8 heteroatoms. The van der Waals surface area contributed by atoms with Crippen LogP contribution in [0.15, 0.2) is 12.1 Å². The van der Waals surface area contributed by atoms with Gasteiger partial charge in [-0.25, -0.2) is 4.79 Å². The number of rotatable bonds is 4. The molecule has 0 radical (unpaired) electrons. The zero-order chi connectivity index (χ0) is 20.4. The standard InChI is InChI=1S/C19H28ClN3O4/c1-6-8-22(7-2)17(24)16-11-23(18(25)27-19(3,4)5)14-9-12(20)13(21)10-15(14)26-16/h9-10,16H,6-8,11,21H2,1-5H3. The first-order valence-electron chi connectivity index (χ1n) is 9.12. The summed E-state index contributed by atoms with van der Waals surface area (Å²) in [5, 5.41) is 0.303. The van der Waals surface area contributed by atoms with E-state index < -0.39 is 17.8 Å². The molecule has 1 unspecified atom stereocenters. The molecule has 0 aromatic heterocycles. The molecular weight excluding hydrogens is 370 g/mol. The second-order valence-electron chi connectivity index (χ2n) is 7.46. The first kappa shape index (κ1) is 21.2. The van der Waals surface area contributed by atoms with Crippen molar-refractivity contribution in [1.29, 1.82) is 0 Å². The smallest absolute Gasteiger partial charge is 0.415 e. The van der Waals surface area contributed by atoms with Crippen LogP contribution in [0.3, 0.4) is 0 Å². The normalized spacial score (nSPS) is 16.4. The number of ether oxygens (including phenoxy) is 2. The Labute approximate surface area is 165 Å². The fourth-order valence-corrected chi connectivity index (χ4v) is 2.99. The summed E-state index contributed by atoms with van der Waals surface area (Å²) >= 11 is 6.13. The van der Waals surface area contributed by atoms with Crippen LogP contribution >= 0.6 is 11.6 Å². The fourth-order valence-electron chi connectivity index (χ4n) is 2.83. The highest BCUT2D eigenvalue weighted by Gasteiger charge is 2.38. The van der Waals surface area contributed by atoms with Gasteiger partial charge in [-0.3, -0.25) is 9.69 Å². The van der Waals surface area contributed by atoms with Crippen molar-refractivity contribution in [1.82, 2.24) is 4.90 Å². The van der Waals surface area contributed by atoms with E-state index in [1.807, 2.05) is 13.8 Å². The monoisotopic (exact) mass is 397 g/mol. The van der Waals surface area contributed by atoms with Gasteiger partial charge in [-0.2, -0.15) is 0 Å². The van der Waals surface area contributed by atoms with E-state index in [1.54, 1.807) is 31.7 Å². The second kappa shape index (κ2) is 8.25. The van der Waals surface area contributed by atoms with Crippen molar-refractivity contribution >= 4 is 35.0 Å². The van der Waals surface area contributed by atoms with Gasteiger partial charge in [0.2, 0.25) is 0 Å². The Balaban J connectivity index is 2.39. The minimum atomic E-state index is -0.836. The number of nitrogens with two attached hydrogens (primary N) is 1. The molecule has 150 valence electrons. The number of carbonyl (C=O) groups excluding carboxylic acids is 2. The summed E-state index contributed by atoms with van der Waals surface area (Å²) in [7, 11) is 0. The van der Waals surface area contributed by atoms with Gasteiger partial charge in [0.15, 0.2) is 6.10 Å². The SMILES string of the molecule is CCCN(CC)C(=O)C1CN(C(=O)OC(C)(C)C)c2cc(Cl)c(N)cc2O1. The molecule has 27 heavy (non-hydrogen) atoms. The van der Waals surface area contributed by atoms with Crippen molar-refractivity contribution in [2.24, 2.45) is 0 Å². The minimum Gasteiger partial charge on any atom is -0.476 e. The van der Waals surface area contributed by atoms with Gasteiger partial charge < -0.3 is 20.1 Å². The van der Waals surface area contributed by atoms with Crippen LogP contribution < -0.4 is 15.4 Å². The van der Waals surface area contributed by atoms with Crippen LogP contribution in [0.5, 0.6) is 5.75 Å². The topological polar surface area (TPSA) is 85.1 Å². The number of nitrogen functional groups attached to an aromatic ring is 1. The van der Waals surface area contributed by atoms with Crippen LogP contribution in [0.2, 0.25) is 5.02 Å². The molecule has 1 aromatic carbocycles. The van der Waals surface area contributed by atoms with Crippen molar-refractivity contribution in [3.05, 3.63) is 17.2 Å². The molecule has 1 atom stereocenters. The minimum absolute atomic E-state index is 0.0429. The van der Waals surface area contributed by atoms with E-state index in [-0.39, 0.29) is 12.5 Å². The number of hydrogen-bond acceptors (Lipinski definition) is 5. The third-order valence-corrected chi connectivity index (χ3v) is 4.39. The number of fused-ring (bicyclic) bond motifs is 1. The first-order valence-corrected chi connectivity index (χ1v) is 9.50. The van der Waals surface area contributed by atoms with Crippen LogP contribution in [-0.4, -0.2) is 48.2 Å². The second-order valence-corrected chi connectivity index (χ2v) is 7.86. The number of benzene rings is 1. The maximum absolute atomic E-state index is 12.9. The van der Waals surface area contributed by atoms with E-state index in [1.165, 1.54) is 11.0 Å². The van der Waals surface area contributed by atoms with Gasteiger partial charge in [0.25, 0.3) is 5.91 Å². The first-order chi connectivity index (χ1) is 12.6. The third-order valence-electron chi connectivity index (χ3n) is 4.06.